The normalized spacial score (nSPS) is 31.1. The summed E-state index contributed by atoms with van der Waals surface area (Å²) in [6.45, 7) is 5.69. The first-order valence-corrected chi connectivity index (χ1v) is 6.27. The molecule has 3 N–H and O–H groups in total. The fourth-order valence-corrected chi connectivity index (χ4v) is 2.17. The number of likely N-dealkylation sites (N-methyl/N-ethyl adjacent to an activating group) is 1. The van der Waals surface area contributed by atoms with Gasteiger partial charge in [-0.15, -0.1) is 0 Å². The number of nitrogens with one attached hydrogen (secondary N) is 3. The van der Waals surface area contributed by atoms with E-state index in [0.29, 0.717) is 13.1 Å². The average molecular weight is 242 g/mol. The van der Waals surface area contributed by atoms with Gasteiger partial charge in [0, 0.05) is 39.3 Å². The highest BCUT2D eigenvalue weighted by atomic mass is 16.5. The van der Waals surface area contributed by atoms with Gasteiger partial charge in [-0.3, -0.25) is 4.79 Å². The van der Waals surface area contributed by atoms with Gasteiger partial charge in [0.1, 0.15) is 0 Å². The summed E-state index contributed by atoms with van der Waals surface area (Å²) in [6, 6.07) is -0.106. The molecule has 0 aromatic heterocycles. The topological polar surface area (TPSA) is 65.6 Å². The number of rotatable bonds is 3. The second-order valence-electron chi connectivity index (χ2n) is 4.71. The van der Waals surface area contributed by atoms with Gasteiger partial charge in [-0.05, 0) is 7.05 Å². The molecule has 2 aliphatic heterocycles. The summed E-state index contributed by atoms with van der Waals surface area (Å²) in [5.74, 6) is 0.0639. The largest absolute Gasteiger partial charge is 0.374 e. The summed E-state index contributed by atoms with van der Waals surface area (Å²) in [6.07, 6.45) is 0.120. The quantitative estimate of drug-likeness (QED) is 0.534. The summed E-state index contributed by atoms with van der Waals surface area (Å²) in [5.41, 5.74) is 0. The van der Waals surface area contributed by atoms with Gasteiger partial charge in [0.15, 0.2) is 0 Å². The predicted molar refractivity (Wildman–Crippen MR) is 64.9 cm³/mol. The van der Waals surface area contributed by atoms with Crippen LogP contribution in [0.1, 0.15) is 0 Å². The fraction of sp³-hybridized carbons (Fsp3) is 0.909. The predicted octanol–water partition coefficient (Wildman–Crippen LogP) is -2.01. The summed E-state index contributed by atoms with van der Waals surface area (Å²) < 4.78 is 5.59. The van der Waals surface area contributed by atoms with Crippen molar-refractivity contribution in [2.24, 2.45) is 0 Å². The van der Waals surface area contributed by atoms with E-state index in [1.807, 2.05) is 0 Å². The Kier molecular flexibility index (Phi) is 4.73. The first kappa shape index (κ1) is 12.8. The van der Waals surface area contributed by atoms with E-state index in [2.05, 4.69) is 27.9 Å². The van der Waals surface area contributed by atoms with E-state index in [1.165, 1.54) is 0 Å². The molecule has 2 fully saturated rings. The SMILES string of the molecule is CN1CCOC(CNC(=O)C2CNCCN2)C1. The monoisotopic (exact) mass is 242 g/mol. The van der Waals surface area contributed by atoms with Gasteiger partial charge < -0.3 is 25.6 Å². The Balaban J connectivity index is 1.68. The molecule has 0 saturated carbocycles. The van der Waals surface area contributed by atoms with Crippen LogP contribution in [0.25, 0.3) is 0 Å². The Morgan fingerprint density at radius 1 is 1.53 bits per heavy atom. The number of hydrogen-bond acceptors (Lipinski definition) is 5. The molecule has 2 unspecified atom stereocenters. The van der Waals surface area contributed by atoms with Crippen molar-refractivity contribution in [3.8, 4) is 0 Å². The number of morpholine rings is 1. The smallest absolute Gasteiger partial charge is 0.238 e. The van der Waals surface area contributed by atoms with Crippen molar-refractivity contribution < 1.29 is 9.53 Å². The van der Waals surface area contributed by atoms with Gasteiger partial charge in [0.2, 0.25) is 5.91 Å². The molecule has 2 heterocycles. The summed E-state index contributed by atoms with van der Waals surface area (Å²) in [7, 11) is 2.07. The molecule has 0 aliphatic carbocycles. The number of carbonyl (C=O) groups excluding carboxylic acids is 1. The molecule has 0 radical (unpaired) electrons. The molecule has 17 heavy (non-hydrogen) atoms. The minimum atomic E-state index is -0.106. The lowest BCUT2D eigenvalue weighted by atomic mass is 10.2. The van der Waals surface area contributed by atoms with Gasteiger partial charge in [-0.25, -0.2) is 0 Å². The Hall–Kier alpha value is -0.690. The van der Waals surface area contributed by atoms with Gasteiger partial charge >= 0.3 is 0 Å². The maximum absolute atomic E-state index is 11.8. The van der Waals surface area contributed by atoms with Crippen LogP contribution < -0.4 is 16.0 Å². The standard InChI is InChI=1S/C11H22N4O2/c1-15-4-5-17-9(8-15)6-14-11(16)10-7-12-2-3-13-10/h9-10,12-13H,2-8H2,1H3,(H,14,16). The van der Waals surface area contributed by atoms with Crippen molar-refractivity contribution in [2.75, 3.05) is 52.9 Å². The molecule has 98 valence electrons. The zero-order chi connectivity index (χ0) is 12.1. The summed E-state index contributed by atoms with van der Waals surface area (Å²) in [4.78, 5) is 14.1. The molecule has 2 rings (SSSR count). The van der Waals surface area contributed by atoms with Crippen LogP contribution in [0.4, 0.5) is 0 Å². The molecule has 0 aromatic rings. The molecule has 2 saturated heterocycles. The Bertz CT molecular complexity index is 256. The van der Waals surface area contributed by atoms with E-state index in [-0.39, 0.29) is 18.1 Å². The van der Waals surface area contributed by atoms with E-state index >= 15 is 0 Å². The van der Waals surface area contributed by atoms with Crippen molar-refractivity contribution in [1.29, 1.82) is 0 Å². The molecule has 2 atom stereocenters. The van der Waals surface area contributed by atoms with E-state index < -0.39 is 0 Å². The van der Waals surface area contributed by atoms with Crippen LogP contribution in [0.3, 0.4) is 0 Å². The van der Waals surface area contributed by atoms with Gasteiger partial charge in [-0.1, -0.05) is 0 Å². The maximum atomic E-state index is 11.8. The van der Waals surface area contributed by atoms with Crippen LogP contribution in [-0.2, 0) is 9.53 Å². The molecule has 6 heteroatoms. The third-order valence-corrected chi connectivity index (χ3v) is 3.20. The molecule has 0 bridgehead atoms. The highest BCUT2D eigenvalue weighted by Gasteiger charge is 2.22. The lowest BCUT2D eigenvalue weighted by Gasteiger charge is -2.31. The fourth-order valence-electron chi connectivity index (χ4n) is 2.17. The van der Waals surface area contributed by atoms with Crippen LogP contribution in [0, 0.1) is 0 Å². The van der Waals surface area contributed by atoms with Crippen molar-refractivity contribution in [2.45, 2.75) is 12.1 Å². The third kappa shape index (κ3) is 3.92. The molecule has 0 spiro atoms. The van der Waals surface area contributed by atoms with Gasteiger partial charge in [0.25, 0.3) is 0 Å². The summed E-state index contributed by atoms with van der Waals surface area (Å²) in [5, 5.41) is 9.34. The van der Waals surface area contributed by atoms with Crippen LogP contribution in [0.15, 0.2) is 0 Å². The van der Waals surface area contributed by atoms with Crippen LogP contribution in [0.5, 0.6) is 0 Å². The van der Waals surface area contributed by atoms with Crippen molar-refractivity contribution in [3.05, 3.63) is 0 Å². The highest BCUT2D eigenvalue weighted by molar-refractivity contribution is 5.82. The minimum absolute atomic E-state index is 0.0639. The van der Waals surface area contributed by atoms with Crippen molar-refractivity contribution in [3.63, 3.8) is 0 Å². The number of ether oxygens (including phenoxy) is 1. The lowest BCUT2D eigenvalue weighted by molar-refractivity contribution is -0.124. The zero-order valence-corrected chi connectivity index (χ0v) is 10.4. The average Bonchev–Trinajstić information content (AvgIpc) is 2.37. The highest BCUT2D eigenvalue weighted by Crippen LogP contribution is 2.01. The molecule has 0 aromatic carbocycles. The Morgan fingerprint density at radius 2 is 2.41 bits per heavy atom. The molecular formula is C11H22N4O2. The first-order valence-electron chi connectivity index (χ1n) is 6.27. The van der Waals surface area contributed by atoms with E-state index in [1.54, 1.807) is 0 Å². The van der Waals surface area contributed by atoms with Gasteiger partial charge in [0.05, 0.1) is 18.8 Å². The second kappa shape index (κ2) is 6.30. The molecule has 1 amide bonds. The molecular weight excluding hydrogens is 220 g/mol. The number of carbonyl (C=O) groups is 1. The number of nitrogens with zero attached hydrogens (tertiary/aromatic N) is 1. The zero-order valence-electron chi connectivity index (χ0n) is 10.4. The van der Waals surface area contributed by atoms with Crippen molar-refractivity contribution in [1.82, 2.24) is 20.9 Å². The van der Waals surface area contributed by atoms with Crippen LogP contribution in [-0.4, -0.2) is 75.9 Å². The number of piperazine rings is 1. The molecule has 6 nitrogen and oxygen atoms in total. The number of hydrogen-bond donors (Lipinski definition) is 3. The Morgan fingerprint density at radius 3 is 3.12 bits per heavy atom. The Labute approximate surface area is 102 Å². The lowest BCUT2D eigenvalue weighted by Crippen LogP contribution is -2.57. The minimum Gasteiger partial charge on any atom is -0.374 e. The van der Waals surface area contributed by atoms with Crippen molar-refractivity contribution >= 4 is 5.91 Å². The third-order valence-electron chi connectivity index (χ3n) is 3.20. The van der Waals surface area contributed by atoms with E-state index in [4.69, 9.17) is 4.74 Å². The van der Waals surface area contributed by atoms with E-state index in [0.717, 1.165) is 32.8 Å². The first-order chi connectivity index (χ1) is 8.25. The molecule has 2 aliphatic rings. The van der Waals surface area contributed by atoms with Crippen LogP contribution in [0.2, 0.25) is 0 Å². The van der Waals surface area contributed by atoms with E-state index in [9.17, 15) is 4.79 Å². The van der Waals surface area contributed by atoms with Crippen LogP contribution >= 0.6 is 0 Å². The summed E-state index contributed by atoms with van der Waals surface area (Å²) >= 11 is 0. The van der Waals surface area contributed by atoms with Gasteiger partial charge in [-0.2, -0.15) is 0 Å². The maximum Gasteiger partial charge on any atom is 0.238 e. The second-order valence-corrected chi connectivity index (χ2v) is 4.71. The number of amides is 1.